The largest absolute Gasteiger partial charge is 0.508 e. The van der Waals surface area contributed by atoms with Gasteiger partial charge in [0.25, 0.3) is 0 Å². The Bertz CT molecular complexity index is 635. The van der Waals surface area contributed by atoms with Crippen LogP contribution in [0.5, 0.6) is 11.5 Å². The Morgan fingerprint density at radius 1 is 1.15 bits per heavy atom. The number of ether oxygens (including phenoxy) is 1. The fraction of sp³-hybridized carbons (Fsp3) is 0.188. The van der Waals surface area contributed by atoms with Crippen molar-refractivity contribution in [1.29, 1.82) is 0 Å². The van der Waals surface area contributed by atoms with Gasteiger partial charge in [0.2, 0.25) is 0 Å². The first-order valence-electron chi connectivity index (χ1n) is 6.52. The molecule has 0 saturated heterocycles. The zero-order chi connectivity index (χ0) is 13.9. The summed E-state index contributed by atoms with van der Waals surface area (Å²) in [6, 6.07) is 15.2. The Labute approximate surface area is 117 Å². The Morgan fingerprint density at radius 2 is 1.90 bits per heavy atom. The zero-order valence-corrected chi connectivity index (χ0v) is 11.2. The summed E-state index contributed by atoms with van der Waals surface area (Å²) >= 11 is 0. The van der Waals surface area contributed by atoms with E-state index >= 15 is 0 Å². The van der Waals surface area contributed by atoms with Gasteiger partial charge in [0, 0.05) is 12.0 Å². The van der Waals surface area contributed by atoms with Crippen molar-refractivity contribution in [2.24, 2.45) is 5.10 Å². The topological polar surface area (TPSA) is 53.8 Å². The van der Waals surface area contributed by atoms with E-state index in [1.54, 1.807) is 13.2 Å². The van der Waals surface area contributed by atoms with Crippen LogP contribution in [0.2, 0.25) is 0 Å². The molecule has 0 aliphatic carbocycles. The number of benzene rings is 2. The van der Waals surface area contributed by atoms with Crippen LogP contribution in [0.15, 0.2) is 53.6 Å². The monoisotopic (exact) mass is 268 g/mol. The summed E-state index contributed by atoms with van der Waals surface area (Å²) in [6.07, 6.45) is 0.754. The second-order valence-electron chi connectivity index (χ2n) is 4.73. The molecule has 4 heteroatoms. The third-order valence-electron chi connectivity index (χ3n) is 3.49. The molecule has 0 spiro atoms. The van der Waals surface area contributed by atoms with Crippen LogP contribution < -0.4 is 10.2 Å². The Balaban J connectivity index is 1.77. The van der Waals surface area contributed by atoms with Gasteiger partial charge in [0.1, 0.15) is 11.5 Å². The smallest absolute Gasteiger partial charge is 0.120 e. The first-order valence-corrected chi connectivity index (χ1v) is 6.52. The maximum atomic E-state index is 9.89. The highest BCUT2D eigenvalue weighted by Gasteiger charge is 2.23. The van der Waals surface area contributed by atoms with Crippen LogP contribution in [-0.2, 0) is 0 Å². The maximum absolute atomic E-state index is 9.89. The lowest BCUT2D eigenvalue weighted by Gasteiger charge is -2.11. The van der Waals surface area contributed by atoms with E-state index in [9.17, 15) is 5.11 Å². The molecule has 102 valence electrons. The number of hydrogen-bond donors (Lipinski definition) is 2. The average molecular weight is 268 g/mol. The highest BCUT2D eigenvalue weighted by molar-refractivity contribution is 6.01. The molecule has 2 N–H and O–H groups in total. The molecular weight excluding hydrogens is 252 g/mol. The molecule has 0 radical (unpaired) electrons. The van der Waals surface area contributed by atoms with E-state index in [1.165, 1.54) is 0 Å². The third kappa shape index (κ3) is 2.32. The van der Waals surface area contributed by atoms with E-state index in [1.807, 2.05) is 42.5 Å². The molecule has 0 aromatic heterocycles. The number of nitrogens with zero attached hydrogens (tertiary/aromatic N) is 1. The lowest BCUT2D eigenvalue weighted by Crippen LogP contribution is -2.10. The van der Waals surface area contributed by atoms with Crippen molar-refractivity contribution in [3.05, 3.63) is 59.7 Å². The summed E-state index contributed by atoms with van der Waals surface area (Å²) in [5.74, 6) is 1.13. The van der Waals surface area contributed by atoms with Crippen molar-refractivity contribution in [3.63, 3.8) is 0 Å². The molecule has 0 unspecified atom stereocenters. The second-order valence-corrected chi connectivity index (χ2v) is 4.73. The van der Waals surface area contributed by atoms with Gasteiger partial charge in [-0.25, -0.2) is 0 Å². The highest BCUT2D eigenvalue weighted by Crippen LogP contribution is 2.30. The normalized spacial score (nSPS) is 17.4. The van der Waals surface area contributed by atoms with Crippen LogP contribution in [0.4, 0.5) is 0 Å². The van der Waals surface area contributed by atoms with Crippen LogP contribution in [0.1, 0.15) is 23.6 Å². The molecule has 3 rings (SSSR count). The standard InChI is InChI=1S/C16H16N2O2/c1-20-12-8-6-11(7-9-12)14-10-15(18-17-14)13-4-2-3-5-16(13)19/h2-9,15,18-19H,10H2,1H3/t15-/m1/s1. The van der Waals surface area contributed by atoms with Gasteiger partial charge < -0.3 is 15.3 Å². The fourth-order valence-electron chi connectivity index (χ4n) is 2.37. The molecular formula is C16H16N2O2. The van der Waals surface area contributed by atoms with E-state index in [2.05, 4.69) is 10.5 Å². The number of para-hydroxylation sites is 1. The van der Waals surface area contributed by atoms with Crippen molar-refractivity contribution in [2.45, 2.75) is 12.5 Å². The molecule has 0 fully saturated rings. The van der Waals surface area contributed by atoms with Gasteiger partial charge in [-0.15, -0.1) is 0 Å². The van der Waals surface area contributed by atoms with Gasteiger partial charge in [0.15, 0.2) is 0 Å². The van der Waals surface area contributed by atoms with E-state index < -0.39 is 0 Å². The predicted octanol–water partition coefficient (Wildman–Crippen LogP) is 2.84. The molecule has 1 aliphatic rings. The maximum Gasteiger partial charge on any atom is 0.120 e. The molecule has 0 bridgehead atoms. The van der Waals surface area contributed by atoms with E-state index in [-0.39, 0.29) is 6.04 Å². The lowest BCUT2D eigenvalue weighted by molar-refractivity contribution is 0.415. The molecule has 4 nitrogen and oxygen atoms in total. The molecule has 20 heavy (non-hydrogen) atoms. The average Bonchev–Trinajstić information content (AvgIpc) is 2.97. The van der Waals surface area contributed by atoms with E-state index in [0.29, 0.717) is 5.75 Å². The number of aromatic hydroxyl groups is 1. The summed E-state index contributed by atoms with van der Waals surface area (Å²) in [6.45, 7) is 0. The molecule has 1 aliphatic heterocycles. The number of hydrogen-bond acceptors (Lipinski definition) is 4. The third-order valence-corrected chi connectivity index (χ3v) is 3.49. The minimum atomic E-state index is 0.0216. The van der Waals surface area contributed by atoms with Gasteiger partial charge in [-0.3, -0.25) is 0 Å². The first-order chi connectivity index (χ1) is 9.78. The van der Waals surface area contributed by atoms with Crippen LogP contribution in [0, 0.1) is 0 Å². The predicted molar refractivity (Wildman–Crippen MR) is 78.1 cm³/mol. The van der Waals surface area contributed by atoms with Crippen LogP contribution in [-0.4, -0.2) is 17.9 Å². The van der Waals surface area contributed by atoms with Crippen molar-refractivity contribution >= 4 is 5.71 Å². The van der Waals surface area contributed by atoms with Gasteiger partial charge in [-0.1, -0.05) is 18.2 Å². The van der Waals surface area contributed by atoms with Gasteiger partial charge >= 0.3 is 0 Å². The van der Waals surface area contributed by atoms with Gasteiger partial charge in [0.05, 0.1) is 18.9 Å². The molecule has 2 aromatic carbocycles. The van der Waals surface area contributed by atoms with Crippen molar-refractivity contribution in [3.8, 4) is 11.5 Å². The first kappa shape index (κ1) is 12.5. The molecule has 1 atom stereocenters. The number of methoxy groups -OCH3 is 1. The molecule has 0 amide bonds. The van der Waals surface area contributed by atoms with Crippen molar-refractivity contribution in [2.75, 3.05) is 7.11 Å². The minimum Gasteiger partial charge on any atom is -0.508 e. The minimum absolute atomic E-state index is 0.0216. The van der Waals surface area contributed by atoms with Crippen LogP contribution in [0.3, 0.4) is 0 Å². The fourth-order valence-corrected chi connectivity index (χ4v) is 2.37. The van der Waals surface area contributed by atoms with E-state index in [0.717, 1.165) is 29.0 Å². The van der Waals surface area contributed by atoms with Crippen molar-refractivity contribution < 1.29 is 9.84 Å². The number of nitrogens with one attached hydrogen (secondary N) is 1. The summed E-state index contributed by atoms with van der Waals surface area (Å²) in [4.78, 5) is 0. The quantitative estimate of drug-likeness (QED) is 0.900. The zero-order valence-electron chi connectivity index (χ0n) is 11.2. The summed E-state index contributed by atoms with van der Waals surface area (Å²) in [5, 5.41) is 14.3. The second kappa shape index (κ2) is 5.25. The molecule has 2 aromatic rings. The van der Waals surface area contributed by atoms with Gasteiger partial charge in [-0.2, -0.15) is 5.10 Å². The number of rotatable bonds is 3. The lowest BCUT2D eigenvalue weighted by atomic mass is 9.98. The number of phenols is 1. The summed E-state index contributed by atoms with van der Waals surface area (Å²) < 4.78 is 5.15. The molecule has 0 saturated carbocycles. The van der Waals surface area contributed by atoms with Crippen LogP contribution >= 0.6 is 0 Å². The van der Waals surface area contributed by atoms with Gasteiger partial charge in [-0.05, 0) is 35.9 Å². The van der Waals surface area contributed by atoms with Crippen LogP contribution in [0.25, 0.3) is 0 Å². The Kier molecular flexibility index (Phi) is 3.29. The van der Waals surface area contributed by atoms with Crippen molar-refractivity contribution in [1.82, 2.24) is 5.43 Å². The Morgan fingerprint density at radius 3 is 2.60 bits per heavy atom. The SMILES string of the molecule is COc1ccc(C2=NN[C@@H](c3ccccc3O)C2)cc1. The molecule has 1 heterocycles. The highest BCUT2D eigenvalue weighted by atomic mass is 16.5. The Hall–Kier alpha value is -2.49. The summed E-state index contributed by atoms with van der Waals surface area (Å²) in [5.41, 5.74) is 6.02. The summed E-state index contributed by atoms with van der Waals surface area (Å²) in [7, 11) is 1.65. The van der Waals surface area contributed by atoms with E-state index in [4.69, 9.17) is 4.74 Å². The number of hydrazone groups is 1. The number of phenolic OH excluding ortho intramolecular Hbond substituents is 1.